The number of H-pyrrole nitrogens is 1. The smallest absolute Gasteiger partial charge is 0.291 e. The van der Waals surface area contributed by atoms with E-state index in [4.69, 9.17) is 0 Å². The van der Waals surface area contributed by atoms with Crippen LogP contribution < -0.4 is 5.32 Å². The van der Waals surface area contributed by atoms with Crippen LogP contribution in [0.3, 0.4) is 0 Å². The summed E-state index contributed by atoms with van der Waals surface area (Å²) in [5.74, 6) is 1.72. The van der Waals surface area contributed by atoms with E-state index in [-0.39, 0.29) is 23.7 Å². The fraction of sp³-hybridized carbons (Fsp3) is 0.750. The average molecular weight is 236 g/mol. The second kappa shape index (κ2) is 4.85. The lowest BCUT2D eigenvalue weighted by atomic mass is 9.80. The van der Waals surface area contributed by atoms with Gasteiger partial charge in [0.15, 0.2) is 0 Å². The zero-order valence-corrected chi connectivity index (χ0v) is 10.7. The Labute approximate surface area is 101 Å². The number of amides is 1. The van der Waals surface area contributed by atoms with Gasteiger partial charge in [0.25, 0.3) is 5.91 Å². The predicted octanol–water partition coefficient (Wildman–Crippen LogP) is 1.85. The molecule has 94 valence electrons. The molecular formula is C12H20N4O. The molecule has 17 heavy (non-hydrogen) atoms. The van der Waals surface area contributed by atoms with Crippen molar-refractivity contribution in [3.63, 3.8) is 0 Å². The number of nitrogens with one attached hydrogen (secondary N) is 2. The SMILES string of the molecule is CC(C)c1nc(C(=O)NC(C)C2CCC2)n[nH]1. The van der Waals surface area contributed by atoms with Crippen LogP contribution in [0.15, 0.2) is 0 Å². The number of rotatable bonds is 4. The molecule has 5 heteroatoms. The third-order valence-corrected chi connectivity index (χ3v) is 3.47. The van der Waals surface area contributed by atoms with Crippen molar-refractivity contribution in [3.05, 3.63) is 11.6 Å². The number of aromatic amines is 1. The fourth-order valence-corrected chi connectivity index (χ4v) is 1.96. The summed E-state index contributed by atoms with van der Waals surface area (Å²) in [4.78, 5) is 16.1. The molecule has 1 aliphatic rings. The van der Waals surface area contributed by atoms with Crippen LogP contribution in [0.5, 0.6) is 0 Å². The number of hydrogen-bond donors (Lipinski definition) is 2. The molecule has 1 aromatic rings. The first kappa shape index (κ1) is 12.1. The minimum absolute atomic E-state index is 0.174. The van der Waals surface area contributed by atoms with Crippen molar-refractivity contribution in [1.82, 2.24) is 20.5 Å². The van der Waals surface area contributed by atoms with E-state index in [9.17, 15) is 4.79 Å². The average Bonchev–Trinajstić information content (AvgIpc) is 2.62. The molecule has 5 nitrogen and oxygen atoms in total. The van der Waals surface area contributed by atoms with E-state index < -0.39 is 0 Å². The Morgan fingerprint density at radius 2 is 2.12 bits per heavy atom. The highest BCUT2D eigenvalue weighted by Crippen LogP contribution is 2.29. The van der Waals surface area contributed by atoms with Crippen molar-refractivity contribution in [2.24, 2.45) is 5.92 Å². The van der Waals surface area contributed by atoms with Crippen LogP contribution in [0.25, 0.3) is 0 Å². The van der Waals surface area contributed by atoms with Crippen LogP contribution in [-0.2, 0) is 0 Å². The molecule has 1 heterocycles. The van der Waals surface area contributed by atoms with Gasteiger partial charge in [-0.2, -0.15) is 0 Å². The Kier molecular flexibility index (Phi) is 3.45. The molecule has 0 saturated heterocycles. The van der Waals surface area contributed by atoms with Crippen LogP contribution in [0.1, 0.15) is 62.4 Å². The van der Waals surface area contributed by atoms with Crippen molar-refractivity contribution < 1.29 is 4.79 Å². The lowest BCUT2D eigenvalue weighted by Gasteiger charge is -2.31. The third-order valence-electron chi connectivity index (χ3n) is 3.47. The number of nitrogens with zero attached hydrogens (tertiary/aromatic N) is 2. The molecule has 0 bridgehead atoms. The quantitative estimate of drug-likeness (QED) is 0.838. The largest absolute Gasteiger partial charge is 0.347 e. The monoisotopic (exact) mass is 236 g/mol. The summed E-state index contributed by atoms with van der Waals surface area (Å²) in [6.07, 6.45) is 3.71. The predicted molar refractivity (Wildman–Crippen MR) is 64.7 cm³/mol. The van der Waals surface area contributed by atoms with Gasteiger partial charge >= 0.3 is 0 Å². The van der Waals surface area contributed by atoms with E-state index in [2.05, 4.69) is 27.4 Å². The summed E-state index contributed by atoms with van der Waals surface area (Å²) in [7, 11) is 0. The van der Waals surface area contributed by atoms with Gasteiger partial charge in [0, 0.05) is 12.0 Å². The molecule has 1 unspecified atom stereocenters. The van der Waals surface area contributed by atoms with Gasteiger partial charge in [0.1, 0.15) is 5.82 Å². The summed E-state index contributed by atoms with van der Waals surface area (Å²) < 4.78 is 0. The van der Waals surface area contributed by atoms with Crippen molar-refractivity contribution in [1.29, 1.82) is 0 Å². The van der Waals surface area contributed by atoms with Gasteiger partial charge in [-0.25, -0.2) is 4.98 Å². The first-order chi connectivity index (χ1) is 8.08. The molecule has 0 aliphatic heterocycles. The Bertz CT molecular complexity index is 395. The number of carbonyl (C=O) groups is 1. The summed E-state index contributed by atoms with van der Waals surface area (Å²) in [6, 6.07) is 0.220. The molecule has 2 N–H and O–H groups in total. The molecule has 1 aliphatic carbocycles. The van der Waals surface area contributed by atoms with E-state index in [0.29, 0.717) is 5.92 Å². The molecule has 2 rings (SSSR count). The van der Waals surface area contributed by atoms with Gasteiger partial charge in [-0.1, -0.05) is 20.3 Å². The van der Waals surface area contributed by atoms with Gasteiger partial charge in [0.05, 0.1) is 0 Å². The van der Waals surface area contributed by atoms with E-state index >= 15 is 0 Å². The summed E-state index contributed by atoms with van der Waals surface area (Å²) in [5, 5.41) is 9.71. The van der Waals surface area contributed by atoms with Crippen LogP contribution in [0, 0.1) is 5.92 Å². The molecular weight excluding hydrogens is 216 g/mol. The maximum atomic E-state index is 11.9. The number of hydrogen-bond acceptors (Lipinski definition) is 3. The highest BCUT2D eigenvalue weighted by atomic mass is 16.2. The molecule has 1 aromatic heterocycles. The fourth-order valence-electron chi connectivity index (χ4n) is 1.96. The Balaban J connectivity index is 1.94. The van der Waals surface area contributed by atoms with E-state index in [1.54, 1.807) is 0 Å². The normalized spacial score (nSPS) is 17.9. The summed E-state index contributed by atoms with van der Waals surface area (Å²) in [5.41, 5.74) is 0. The van der Waals surface area contributed by atoms with Crippen LogP contribution >= 0.6 is 0 Å². The van der Waals surface area contributed by atoms with Crippen molar-refractivity contribution >= 4 is 5.91 Å². The molecule has 1 fully saturated rings. The summed E-state index contributed by atoms with van der Waals surface area (Å²) in [6.45, 7) is 6.08. The molecule has 1 atom stereocenters. The van der Waals surface area contributed by atoms with E-state index in [0.717, 1.165) is 5.82 Å². The highest BCUT2D eigenvalue weighted by molar-refractivity contribution is 5.90. The first-order valence-electron chi connectivity index (χ1n) is 6.31. The van der Waals surface area contributed by atoms with Crippen molar-refractivity contribution in [2.45, 2.75) is 52.0 Å². The second-order valence-electron chi connectivity index (χ2n) is 5.15. The van der Waals surface area contributed by atoms with Gasteiger partial charge in [-0.15, -0.1) is 5.10 Å². The van der Waals surface area contributed by atoms with Crippen LogP contribution in [-0.4, -0.2) is 27.1 Å². The zero-order chi connectivity index (χ0) is 12.4. The highest BCUT2D eigenvalue weighted by Gasteiger charge is 2.26. The van der Waals surface area contributed by atoms with Crippen LogP contribution in [0.4, 0.5) is 0 Å². The van der Waals surface area contributed by atoms with Gasteiger partial charge in [-0.3, -0.25) is 9.89 Å². The Morgan fingerprint density at radius 3 is 2.59 bits per heavy atom. The molecule has 1 saturated carbocycles. The van der Waals surface area contributed by atoms with Gasteiger partial charge < -0.3 is 5.32 Å². The lowest BCUT2D eigenvalue weighted by molar-refractivity contribution is 0.0899. The van der Waals surface area contributed by atoms with E-state index in [1.807, 2.05) is 13.8 Å². The lowest BCUT2D eigenvalue weighted by Crippen LogP contribution is -2.41. The van der Waals surface area contributed by atoms with Crippen LogP contribution in [0.2, 0.25) is 0 Å². The first-order valence-corrected chi connectivity index (χ1v) is 6.31. The maximum absolute atomic E-state index is 11.9. The maximum Gasteiger partial charge on any atom is 0.291 e. The second-order valence-corrected chi connectivity index (χ2v) is 5.15. The third kappa shape index (κ3) is 2.65. The number of carbonyl (C=O) groups excluding carboxylic acids is 1. The van der Waals surface area contributed by atoms with E-state index in [1.165, 1.54) is 19.3 Å². The Hall–Kier alpha value is -1.39. The standard InChI is InChI=1S/C12H20N4O/c1-7(2)10-14-11(16-15-10)12(17)13-8(3)9-5-4-6-9/h7-9H,4-6H2,1-3H3,(H,13,17)(H,14,15,16). The molecule has 0 spiro atoms. The zero-order valence-electron chi connectivity index (χ0n) is 10.7. The van der Waals surface area contributed by atoms with Crippen molar-refractivity contribution in [3.8, 4) is 0 Å². The topological polar surface area (TPSA) is 70.7 Å². The number of aromatic nitrogens is 3. The molecule has 0 aromatic carbocycles. The van der Waals surface area contributed by atoms with Gasteiger partial charge in [-0.05, 0) is 25.7 Å². The minimum Gasteiger partial charge on any atom is -0.347 e. The van der Waals surface area contributed by atoms with Crippen molar-refractivity contribution in [2.75, 3.05) is 0 Å². The summed E-state index contributed by atoms with van der Waals surface area (Å²) >= 11 is 0. The minimum atomic E-state index is -0.174. The molecule has 1 amide bonds. The Morgan fingerprint density at radius 1 is 1.41 bits per heavy atom. The van der Waals surface area contributed by atoms with Gasteiger partial charge in [0.2, 0.25) is 5.82 Å². The molecule has 0 radical (unpaired) electrons.